The summed E-state index contributed by atoms with van der Waals surface area (Å²) in [6.07, 6.45) is 5.63. The molecule has 0 unspecified atom stereocenters. The van der Waals surface area contributed by atoms with Crippen LogP contribution >= 0.6 is 11.6 Å². The van der Waals surface area contributed by atoms with Gasteiger partial charge in [-0.1, -0.05) is 18.2 Å². The van der Waals surface area contributed by atoms with Crippen LogP contribution in [-0.4, -0.2) is 12.0 Å². The average Bonchev–Trinajstić information content (AvgIpc) is 1.97. The summed E-state index contributed by atoms with van der Waals surface area (Å²) in [5, 5.41) is 0. The third kappa shape index (κ3) is 7.13. The first-order valence-corrected chi connectivity index (χ1v) is 3.65. The lowest BCUT2D eigenvalue weighted by molar-refractivity contribution is 0.183. The molecule has 11 heavy (non-hydrogen) atoms. The van der Waals surface area contributed by atoms with E-state index < -0.39 is 5.43 Å². The number of hydrogen-bond acceptors (Lipinski definition) is 2. The van der Waals surface area contributed by atoms with Crippen LogP contribution in [0, 0.1) is 0 Å². The predicted molar refractivity (Wildman–Crippen MR) is 45.8 cm³/mol. The lowest BCUT2D eigenvalue weighted by Gasteiger charge is -1.97. The normalized spacial score (nSPS) is 12.1. The minimum Gasteiger partial charge on any atom is -0.449 e. The molecule has 0 fully saturated rings. The first kappa shape index (κ1) is 10.2. The molecule has 0 bridgehead atoms. The predicted octanol–water partition coefficient (Wildman–Crippen LogP) is 2.88. The van der Waals surface area contributed by atoms with Crippen molar-refractivity contribution in [3.05, 3.63) is 23.8 Å². The Morgan fingerprint density at radius 1 is 1.64 bits per heavy atom. The molecule has 0 aliphatic rings. The zero-order valence-electron chi connectivity index (χ0n) is 6.63. The number of hydrogen-bond donors (Lipinski definition) is 0. The Morgan fingerprint density at radius 3 is 2.73 bits per heavy atom. The Labute approximate surface area is 71.5 Å². The smallest absolute Gasteiger partial charge is 0.404 e. The first-order valence-electron chi connectivity index (χ1n) is 3.27. The zero-order valence-corrected chi connectivity index (χ0v) is 7.39. The lowest BCUT2D eigenvalue weighted by Crippen LogP contribution is -1.96. The third-order valence-corrected chi connectivity index (χ3v) is 1.10. The Hall–Kier alpha value is -0.760. The van der Waals surface area contributed by atoms with Gasteiger partial charge >= 0.3 is 5.43 Å². The number of allylic oxidation sites excluding steroid dienone is 3. The fourth-order valence-electron chi connectivity index (χ4n) is 0.479. The molecule has 0 aliphatic heterocycles. The molecule has 0 heterocycles. The molecule has 0 aromatic heterocycles. The van der Waals surface area contributed by atoms with Gasteiger partial charge in [-0.15, -0.1) is 0 Å². The largest absolute Gasteiger partial charge is 0.449 e. The van der Waals surface area contributed by atoms with E-state index in [1.807, 2.05) is 32.1 Å². The van der Waals surface area contributed by atoms with Crippen molar-refractivity contribution in [3.8, 4) is 0 Å². The van der Waals surface area contributed by atoms with Crippen LogP contribution in [0.3, 0.4) is 0 Å². The second-order valence-electron chi connectivity index (χ2n) is 2.07. The fourth-order valence-corrected chi connectivity index (χ4v) is 0.534. The summed E-state index contributed by atoms with van der Waals surface area (Å²) >= 11 is 4.95. The van der Waals surface area contributed by atoms with Gasteiger partial charge < -0.3 is 4.74 Å². The van der Waals surface area contributed by atoms with Gasteiger partial charge in [0.25, 0.3) is 0 Å². The van der Waals surface area contributed by atoms with Crippen molar-refractivity contribution in [1.82, 2.24) is 0 Å². The van der Waals surface area contributed by atoms with Crippen LogP contribution in [0.4, 0.5) is 4.79 Å². The van der Waals surface area contributed by atoms with Crippen LogP contribution in [0.2, 0.25) is 0 Å². The summed E-state index contributed by atoms with van der Waals surface area (Å²) in [5.74, 6) is 0. The molecule has 0 saturated heterocycles. The van der Waals surface area contributed by atoms with Crippen LogP contribution in [0.25, 0.3) is 0 Å². The van der Waals surface area contributed by atoms with Gasteiger partial charge in [0.15, 0.2) is 0 Å². The summed E-state index contributed by atoms with van der Waals surface area (Å²) in [5.41, 5.74) is 0.190. The van der Waals surface area contributed by atoms with Crippen LogP contribution in [0.1, 0.15) is 13.8 Å². The molecule has 2 nitrogen and oxygen atoms in total. The molecule has 0 aromatic carbocycles. The van der Waals surface area contributed by atoms with Gasteiger partial charge in [-0.3, -0.25) is 0 Å². The maximum Gasteiger partial charge on any atom is 0.404 e. The quantitative estimate of drug-likeness (QED) is 0.486. The summed E-state index contributed by atoms with van der Waals surface area (Å²) in [7, 11) is 0. The average molecular weight is 175 g/mol. The number of rotatable bonds is 3. The standard InChI is InChI=1S/C8H11ClO2/c1-3-4-5-7(2)6-11-8(9)10/h3-5H,6H2,1-2H3/b4-3-,7-5+. The SMILES string of the molecule is C/C=C\C=C(/C)COC(=O)Cl. The maximum absolute atomic E-state index is 10.1. The van der Waals surface area contributed by atoms with Gasteiger partial charge in [-0.05, 0) is 19.4 Å². The highest BCUT2D eigenvalue weighted by Gasteiger charge is 1.94. The Bertz CT molecular complexity index is 183. The van der Waals surface area contributed by atoms with Gasteiger partial charge in [-0.25, -0.2) is 4.79 Å². The number of carbonyl (C=O) groups excluding carboxylic acids is 1. The lowest BCUT2D eigenvalue weighted by atomic mass is 10.3. The number of carbonyl (C=O) groups is 1. The molecule has 0 radical (unpaired) electrons. The number of ether oxygens (including phenoxy) is 1. The van der Waals surface area contributed by atoms with E-state index in [4.69, 9.17) is 11.6 Å². The molecule has 0 rings (SSSR count). The summed E-state index contributed by atoms with van der Waals surface area (Å²) < 4.78 is 4.53. The molecule has 62 valence electrons. The van der Waals surface area contributed by atoms with E-state index in [0.717, 1.165) is 5.57 Å². The third-order valence-electron chi connectivity index (χ3n) is 0.987. The van der Waals surface area contributed by atoms with Gasteiger partial charge in [0.1, 0.15) is 6.61 Å². The monoisotopic (exact) mass is 174 g/mol. The van der Waals surface area contributed by atoms with Crippen LogP contribution in [-0.2, 0) is 4.74 Å². The van der Waals surface area contributed by atoms with Gasteiger partial charge in [-0.2, -0.15) is 0 Å². The highest BCUT2D eigenvalue weighted by molar-refractivity contribution is 6.61. The Balaban J connectivity index is 3.68. The van der Waals surface area contributed by atoms with Crippen LogP contribution in [0.15, 0.2) is 23.8 Å². The zero-order chi connectivity index (χ0) is 8.69. The molecule has 0 aliphatic carbocycles. The summed E-state index contributed by atoms with van der Waals surface area (Å²) in [6.45, 7) is 4.03. The fraction of sp³-hybridized carbons (Fsp3) is 0.375. The van der Waals surface area contributed by atoms with E-state index in [2.05, 4.69) is 4.74 Å². The van der Waals surface area contributed by atoms with Crippen molar-refractivity contribution in [2.75, 3.05) is 6.61 Å². The van der Waals surface area contributed by atoms with E-state index >= 15 is 0 Å². The molecule has 0 amide bonds. The van der Waals surface area contributed by atoms with E-state index in [0.29, 0.717) is 0 Å². The molecule has 0 atom stereocenters. The van der Waals surface area contributed by atoms with Crippen molar-refractivity contribution in [2.24, 2.45) is 0 Å². The highest BCUT2D eigenvalue weighted by atomic mass is 35.5. The van der Waals surface area contributed by atoms with E-state index in [1.165, 1.54) is 0 Å². The number of halogens is 1. The van der Waals surface area contributed by atoms with Gasteiger partial charge in [0, 0.05) is 11.6 Å². The van der Waals surface area contributed by atoms with Crippen LogP contribution in [0.5, 0.6) is 0 Å². The molecular formula is C8H11ClO2. The molecule has 0 saturated carbocycles. The van der Waals surface area contributed by atoms with Crippen LogP contribution < -0.4 is 0 Å². The van der Waals surface area contributed by atoms with Crippen molar-refractivity contribution >= 4 is 17.0 Å². The topological polar surface area (TPSA) is 26.3 Å². The highest BCUT2D eigenvalue weighted by Crippen LogP contribution is 1.96. The maximum atomic E-state index is 10.1. The minimum absolute atomic E-state index is 0.257. The molecule has 0 aromatic rings. The van der Waals surface area contributed by atoms with E-state index in [1.54, 1.807) is 0 Å². The molecule has 3 heteroatoms. The van der Waals surface area contributed by atoms with Gasteiger partial charge in [0.05, 0.1) is 0 Å². The van der Waals surface area contributed by atoms with E-state index in [-0.39, 0.29) is 6.61 Å². The van der Waals surface area contributed by atoms with Crippen molar-refractivity contribution < 1.29 is 9.53 Å². The second-order valence-corrected chi connectivity index (χ2v) is 2.37. The van der Waals surface area contributed by atoms with Crippen molar-refractivity contribution in [3.63, 3.8) is 0 Å². The van der Waals surface area contributed by atoms with Gasteiger partial charge in [0.2, 0.25) is 0 Å². The molecule has 0 N–H and O–H groups in total. The Morgan fingerprint density at radius 2 is 2.27 bits per heavy atom. The van der Waals surface area contributed by atoms with E-state index in [9.17, 15) is 4.79 Å². The van der Waals surface area contributed by atoms with Crippen molar-refractivity contribution in [1.29, 1.82) is 0 Å². The minimum atomic E-state index is -0.766. The van der Waals surface area contributed by atoms with Crippen molar-refractivity contribution in [2.45, 2.75) is 13.8 Å². The molecule has 0 spiro atoms. The summed E-state index contributed by atoms with van der Waals surface area (Å²) in [4.78, 5) is 10.1. The second kappa shape index (κ2) is 5.98. The molecular weight excluding hydrogens is 164 g/mol. The summed E-state index contributed by atoms with van der Waals surface area (Å²) in [6, 6.07) is 0. The first-order chi connectivity index (χ1) is 5.16. The Kier molecular flexibility index (Phi) is 5.57.